The van der Waals surface area contributed by atoms with Crippen LogP contribution in [0.3, 0.4) is 0 Å². The molecule has 1 heterocycles. The van der Waals surface area contributed by atoms with Crippen molar-refractivity contribution in [3.63, 3.8) is 0 Å². The maximum absolute atomic E-state index is 8.73. The van der Waals surface area contributed by atoms with Crippen molar-refractivity contribution in [2.75, 3.05) is 11.1 Å². The molecular formula is C13H12N4. The first-order valence-corrected chi connectivity index (χ1v) is 5.22. The third-order valence-corrected chi connectivity index (χ3v) is 2.41. The summed E-state index contributed by atoms with van der Waals surface area (Å²) in [5.74, 6) is 0. The van der Waals surface area contributed by atoms with Crippen LogP contribution < -0.4 is 11.1 Å². The highest BCUT2D eigenvalue weighted by Gasteiger charge is 2.00. The molecule has 17 heavy (non-hydrogen) atoms. The molecule has 0 saturated heterocycles. The topological polar surface area (TPSA) is 74.7 Å². The van der Waals surface area contributed by atoms with Crippen LogP contribution in [0.4, 0.5) is 11.4 Å². The van der Waals surface area contributed by atoms with Crippen molar-refractivity contribution in [2.24, 2.45) is 0 Å². The molecule has 1 aromatic carbocycles. The second-order valence-corrected chi connectivity index (χ2v) is 3.62. The molecule has 2 rings (SSSR count). The largest absolute Gasteiger partial charge is 0.397 e. The van der Waals surface area contributed by atoms with Gasteiger partial charge in [0.1, 0.15) is 0 Å². The summed E-state index contributed by atoms with van der Waals surface area (Å²) in [6.07, 6.45) is 3.50. The zero-order valence-electron chi connectivity index (χ0n) is 9.22. The van der Waals surface area contributed by atoms with Crippen LogP contribution >= 0.6 is 0 Å². The molecule has 0 amide bonds. The van der Waals surface area contributed by atoms with E-state index >= 15 is 0 Å². The first-order chi connectivity index (χ1) is 8.29. The second-order valence-electron chi connectivity index (χ2n) is 3.62. The van der Waals surface area contributed by atoms with E-state index in [-0.39, 0.29) is 0 Å². The summed E-state index contributed by atoms with van der Waals surface area (Å²) < 4.78 is 0. The smallest absolute Gasteiger partial charge is 0.0992 e. The van der Waals surface area contributed by atoms with Gasteiger partial charge in [0.05, 0.1) is 23.0 Å². The highest BCUT2D eigenvalue weighted by atomic mass is 14.9. The maximum atomic E-state index is 8.73. The monoisotopic (exact) mass is 224 g/mol. The minimum absolute atomic E-state index is 0.567. The van der Waals surface area contributed by atoms with E-state index in [2.05, 4.69) is 16.4 Å². The fourth-order valence-electron chi connectivity index (χ4n) is 1.49. The van der Waals surface area contributed by atoms with Gasteiger partial charge in [0, 0.05) is 18.9 Å². The summed E-state index contributed by atoms with van der Waals surface area (Å²) in [5.41, 5.74) is 8.95. The second kappa shape index (κ2) is 4.99. The van der Waals surface area contributed by atoms with E-state index in [1.807, 2.05) is 18.2 Å². The van der Waals surface area contributed by atoms with E-state index in [4.69, 9.17) is 11.0 Å². The number of hydrogen-bond acceptors (Lipinski definition) is 4. The number of aromatic nitrogens is 1. The van der Waals surface area contributed by atoms with Crippen molar-refractivity contribution in [2.45, 2.75) is 6.54 Å². The quantitative estimate of drug-likeness (QED) is 0.783. The van der Waals surface area contributed by atoms with Gasteiger partial charge in [-0.1, -0.05) is 0 Å². The van der Waals surface area contributed by atoms with Gasteiger partial charge in [0.2, 0.25) is 0 Å². The molecule has 3 N–H and O–H groups in total. The van der Waals surface area contributed by atoms with Gasteiger partial charge in [-0.05, 0) is 35.9 Å². The van der Waals surface area contributed by atoms with Gasteiger partial charge >= 0.3 is 0 Å². The van der Waals surface area contributed by atoms with Crippen molar-refractivity contribution < 1.29 is 0 Å². The molecule has 1 aromatic heterocycles. The third kappa shape index (κ3) is 2.73. The van der Waals surface area contributed by atoms with Gasteiger partial charge in [-0.3, -0.25) is 4.98 Å². The Kier molecular flexibility index (Phi) is 3.22. The Morgan fingerprint density at radius 2 is 2.00 bits per heavy atom. The predicted octanol–water partition coefficient (Wildman–Crippen LogP) is 2.15. The number of nitrogens with two attached hydrogens (primary N) is 1. The Labute approximate surface area is 99.7 Å². The fourth-order valence-corrected chi connectivity index (χ4v) is 1.49. The lowest BCUT2D eigenvalue weighted by Gasteiger charge is -2.09. The van der Waals surface area contributed by atoms with Crippen molar-refractivity contribution in [3.05, 3.63) is 53.9 Å². The summed E-state index contributed by atoms with van der Waals surface area (Å²) in [6.45, 7) is 0.679. The summed E-state index contributed by atoms with van der Waals surface area (Å²) in [6, 6.07) is 11.1. The Morgan fingerprint density at radius 1 is 1.24 bits per heavy atom. The highest BCUT2D eigenvalue weighted by Crippen LogP contribution is 2.20. The number of benzene rings is 1. The molecule has 0 unspecified atom stereocenters. The van der Waals surface area contributed by atoms with E-state index in [1.54, 1.807) is 24.5 Å². The molecule has 0 spiro atoms. The molecule has 84 valence electrons. The lowest BCUT2D eigenvalue weighted by Crippen LogP contribution is -2.02. The van der Waals surface area contributed by atoms with Crippen LogP contribution in [0.15, 0.2) is 42.7 Å². The molecule has 2 aromatic rings. The Hall–Kier alpha value is -2.54. The summed E-state index contributed by atoms with van der Waals surface area (Å²) in [5, 5.41) is 11.9. The Morgan fingerprint density at radius 3 is 2.65 bits per heavy atom. The molecule has 0 fully saturated rings. The van der Waals surface area contributed by atoms with Gasteiger partial charge in [0.15, 0.2) is 0 Å². The number of nitriles is 1. The van der Waals surface area contributed by atoms with Crippen LogP contribution in [-0.2, 0) is 6.54 Å². The number of hydrogen-bond donors (Lipinski definition) is 2. The van der Waals surface area contributed by atoms with E-state index < -0.39 is 0 Å². The van der Waals surface area contributed by atoms with E-state index in [1.165, 1.54) is 0 Å². The summed E-state index contributed by atoms with van der Waals surface area (Å²) in [4.78, 5) is 3.95. The van der Waals surface area contributed by atoms with Gasteiger partial charge < -0.3 is 11.1 Å². The normalized spacial score (nSPS) is 9.59. The van der Waals surface area contributed by atoms with Crippen molar-refractivity contribution in [3.8, 4) is 6.07 Å². The predicted molar refractivity (Wildman–Crippen MR) is 67.1 cm³/mol. The van der Waals surface area contributed by atoms with E-state index in [9.17, 15) is 0 Å². The van der Waals surface area contributed by atoms with Crippen LogP contribution in [-0.4, -0.2) is 4.98 Å². The minimum atomic E-state index is 0.567. The number of nitrogens with zero attached hydrogens (tertiary/aromatic N) is 2. The van der Waals surface area contributed by atoms with Gasteiger partial charge in [-0.25, -0.2) is 0 Å². The summed E-state index contributed by atoms with van der Waals surface area (Å²) in [7, 11) is 0. The fraction of sp³-hybridized carbons (Fsp3) is 0.0769. The van der Waals surface area contributed by atoms with Crippen LogP contribution in [0.1, 0.15) is 11.1 Å². The molecule has 0 bridgehead atoms. The average Bonchev–Trinajstić information content (AvgIpc) is 2.38. The molecular weight excluding hydrogens is 212 g/mol. The van der Waals surface area contributed by atoms with Crippen molar-refractivity contribution in [1.29, 1.82) is 5.26 Å². The van der Waals surface area contributed by atoms with E-state index in [0.717, 1.165) is 11.3 Å². The Bertz CT molecular complexity index is 543. The van der Waals surface area contributed by atoms with Crippen LogP contribution in [0.5, 0.6) is 0 Å². The van der Waals surface area contributed by atoms with Crippen molar-refractivity contribution >= 4 is 11.4 Å². The third-order valence-electron chi connectivity index (χ3n) is 2.41. The Balaban J connectivity index is 2.08. The molecule has 0 radical (unpaired) electrons. The maximum Gasteiger partial charge on any atom is 0.0992 e. The van der Waals surface area contributed by atoms with Gasteiger partial charge in [-0.15, -0.1) is 0 Å². The number of anilines is 2. The van der Waals surface area contributed by atoms with Crippen LogP contribution in [0, 0.1) is 11.3 Å². The number of nitrogen functional groups attached to an aromatic ring is 1. The number of rotatable bonds is 3. The minimum Gasteiger partial charge on any atom is -0.397 e. The van der Waals surface area contributed by atoms with E-state index in [0.29, 0.717) is 17.8 Å². The van der Waals surface area contributed by atoms with Gasteiger partial charge in [-0.2, -0.15) is 5.26 Å². The lowest BCUT2D eigenvalue weighted by atomic mass is 10.2. The van der Waals surface area contributed by atoms with Crippen molar-refractivity contribution in [1.82, 2.24) is 4.98 Å². The summed E-state index contributed by atoms with van der Waals surface area (Å²) >= 11 is 0. The zero-order valence-corrected chi connectivity index (χ0v) is 9.22. The van der Waals surface area contributed by atoms with Crippen LogP contribution in [0.2, 0.25) is 0 Å². The lowest BCUT2D eigenvalue weighted by molar-refractivity contribution is 1.13. The molecule has 4 heteroatoms. The first-order valence-electron chi connectivity index (χ1n) is 5.22. The number of pyridine rings is 1. The average molecular weight is 224 g/mol. The molecule has 0 aliphatic carbocycles. The molecule has 0 saturated carbocycles. The molecule has 0 aliphatic rings. The molecule has 0 aliphatic heterocycles. The highest BCUT2D eigenvalue weighted by molar-refractivity contribution is 5.68. The molecule has 0 atom stereocenters. The SMILES string of the molecule is N#Cc1ccc(NCc2ccncc2)c(N)c1. The molecule has 4 nitrogen and oxygen atoms in total. The first kappa shape index (κ1) is 11.0. The van der Waals surface area contributed by atoms with Gasteiger partial charge in [0.25, 0.3) is 0 Å². The number of nitrogens with one attached hydrogen (secondary N) is 1. The van der Waals surface area contributed by atoms with Crippen LogP contribution in [0.25, 0.3) is 0 Å². The zero-order chi connectivity index (χ0) is 12.1. The standard InChI is InChI=1S/C13H12N4/c14-8-11-1-2-13(12(15)7-11)17-9-10-3-5-16-6-4-10/h1-7,17H,9,15H2.